The molecule has 8 N–H and O–H groups in total. The molecule has 6 fully saturated rings. The summed E-state index contributed by atoms with van der Waals surface area (Å²) in [6.45, 7) is 16.8. The number of likely N-dealkylation sites (N-methyl/N-ethyl adjacent to an activating group) is 1. The third kappa shape index (κ3) is 12.7. The van der Waals surface area contributed by atoms with Gasteiger partial charge in [-0.05, 0) is 148 Å². The molecule has 12 aliphatic rings. The molecule has 20 atom stereocenters. The van der Waals surface area contributed by atoms with E-state index in [0.717, 1.165) is 49.9 Å². The van der Waals surface area contributed by atoms with Crippen LogP contribution in [0.4, 0.5) is 11.4 Å². The number of nitrogens with zero attached hydrogens (tertiary/aromatic N) is 6. The van der Waals surface area contributed by atoms with Crippen LogP contribution in [0.15, 0.2) is 97.1 Å². The fourth-order valence-electron chi connectivity index (χ4n) is 26.9. The van der Waals surface area contributed by atoms with Crippen molar-refractivity contribution >= 4 is 85.8 Å². The van der Waals surface area contributed by atoms with Gasteiger partial charge < -0.3 is 78.1 Å². The average molecular weight is 1730 g/mol. The van der Waals surface area contributed by atoms with E-state index in [2.05, 4.69) is 59.9 Å². The average Bonchev–Trinajstić information content (AvgIpc) is 1.47. The van der Waals surface area contributed by atoms with Crippen molar-refractivity contribution in [2.75, 3.05) is 125 Å². The lowest BCUT2D eigenvalue weighted by Gasteiger charge is -2.63. The minimum Gasteiger partial charge on any atom is -0.496 e. The maximum atomic E-state index is 15.3. The van der Waals surface area contributed by atoms with E-state index >= 15 is 9.59 Å². The normalized spacial score (nSPS) is 35.7. The number of hydrogen-bond donors (Lipinski definition) is 8. The van der Waals surface area contributed by atoms with Crippen molar-refractivity contribution in [3.8, 4) is 11.5 Å². The molecule has 2 spiro atoms. The van der Waals surface area contributed by atoms with Crippen LogP contribution in [0.3, 0.4) is 0 Å². The number of ether oxygens (including phenoxy) is 8. The summed E-state index contributed by atoms with van der Waals surface area (Å²) >= 11 is 0. The van der Waals surface area contributed by atoms with Gasteiger partial charge >= 0.3 is 46.2 Å². The standard InChI is InChI=1S/C46H56N4O10.C46H58N4O9.H2O4S/c1-7-42(55)22-28-23-45(40(53)58-5,36-30(14-18-48(24-28)25-42)29-12-9-10-13-33(29)47-36)32-20-31-34(21-35(32)57-4)50(26-51)38-44(31)16-19-49-17-11-15-43(8-2,37(44)49)39(60-27(3)52)46(38,56)41(54)59-6;1-8-42(54)23-28-24-45(40(52)57-6,36-30(15-19-49(25-28)26-42)29-13-10-11-14-33(29)47-36)32-21-31-34(22-35(32)56-5)48(4)38-44(31)17-20-50-18-12-16-43(9-2,37(44)50)39(59-27(3)51)46(38,55)41(53)58-7;1-5(2,3)4/h9-13,15,20-21,26,28,37-39,47,55-56H,7-8,14,16-19,22-25H2,1-6H3;10-14,16,21-22,28,37-39,47,54-55H,8-9,15,17-20,23-26H2,1-7H3;(H2,1,2,3,4)/t2*28-,37+,38-,39-,42+,43-,44-,45+,46+;/m11./s1. The Bertz CT molecular complexity index is 5470. The Morgan fingerprint density at radius 1 is 0.516 bits per heavy atom. The fraction of sp³-hybridized carbons (Fsp3) is 0.576. The van der Waals surface area contributed by atoms with E-state index in [4.69, 9.17) is 55.4 Å². The number of anilines is 2. The number of amides is 1. The number of methoxy groups -OCH3 is 6. The number of benzene rings is 4. The predicted octanol–water partition coefficient (Wildman–Crippen LogP) is 6.86. The van der Waals surface area contributed by atoms with Crippen molar-refractivity contribution < 1.29 is 109 Å². The highest BCUT2D eigenvalue weighted by Crippen LogP contribution is 2.71. The molecular formula is C92H116N8O23S. The van der Waals surface area contributed by atoms with Crippen LogP contribution in [0, 0.1) is 22.7 Å². The number of aliphatic hydroxyl groups is 4. The maximum absolute atomic E-state index is 15.3. The van der Waals surface area contributed by atoms with Gasteiger partial charge in [0.05, 0.1) is 71.6 Å². The number of piperidine rings is 2. The highest BCUT2D eigenvalue weighted by atomic mass is 32.3. The minimum atomic E-state index is -4.67. The summed E-state index contributed by atoms with van der Waals surface area (Å²) in [6, 6.07) is 20.9. The molecule has 1 unspecified atom stereocenters. The molecule has 31 nitrogen and oxygen atoms in total. The van der Waals surface area contributed by atoms with Gasteiger partial charge in [0.2, 0.25) is 17.6 Å². The third-order valence-corrected chi connectivity index (χ3v) is 31.1. The molecule has 124 heavy (non-hydrogen) atoms. The molecule has 2 aromatic heterocycles. The van der Waals surface area contributed by atoms with Crippen LogP contribution in [0.25, 0.3) is 21.8 Å². The molecular weight excluding hydrogens is 1620 g/mol. The molecule has 18 rings (SSSR count). The Hall–Kier alpha value is -9.32. The lowest BCUT2D eigenvalue weighted by atomic mass is 9.47. The van der Waals surface area contributed by atoms with Gasteiger partial charge in [0, 0.05) is 169 Å². The van der Waals surface area contributed by atoms with Crippen molar-refractivity contribution in [3.05, 3.63) is 142 Å². The van der Waals surface area contributed by atoms with E-state index in [1.165, 1.54) is 54.3 Å². The zero-order valence-corrected chi connectivity index (χ0v) is 73.5. The van der Waals surface area contributed by atoms with Crippen molar-refractivity contribution in [2.45, 2.75) is 199 Å². The van der Waals surface area contributed by atoms with Crippen LogP contribution in [0.1, 0.15) is 151 Å². The predicted molar refractivity (Wildman–Crippen MR) is 455 cm³/mol. The van der Waals surface area contributed by atoms with E-state index in [1.54, 1.807) is 13.2 Å². The highest BCUT2D eigenvalue weighted by molar-refractivity contribution is 7.79. The first kappa shape index (κ1) is 88.1. The van der Waals surface area contributed by atoms with Gasteiger partial charge in [-0.3, -0.25) is 52.7 Å². The smallest absolute Gasteiger partial charge is 0.394 e. The van der Waals surface area contributed by atoms with Crippen molar-refractivity contribution in [1.82, 2.24) is 29.6 Å². The van der Waals surface area contributed by atoms with Crippen molar-refractivity contribution in [1.29, 1.82) is 0 Å². The SMILES string of the molecule is CC[C@]1(O)C[C@H]2CN(CCc3c([nH]c4ccccc34)[C@@](C(=O)OC)(c3cc4c(cc3OC)N(C=O)[C@H]3[C@@](O)(C(=O)OC)[C@H](OC(C)=O)[C@]5(CC)C=CCN6CC[C@]43[C@@H]65)C2)C1.CC[C@]1(O)C[C@H]2C[N@](CCc3c([nH]c4ccccc34)[C@@](C(=O)OC)(c3cc4c(cc3OC)N(C)[C@H]3[C@@](O)(C(=O)OC)[C@H](OC(C)=O)[C@]5(CC)C=CCN6CC[C@]43[C@@H]65)C2)C1.O=S(=O)(O)O. The summed E-state index contributed by atoms with van der Waals surface area (Å²) < 4.78 is 79.2. The molecule has 10 aliphatic heterocycles. The summed E-state index contributed by atoms with van der Waals surface area (Å²) in [6.07, 6.45) is 11.8. The Morgan fingerprint density at radius 3 is 1.30 bits per heavy atom. The molecule has 2 aliphatic carbocycles. The van der Waals surface area contributed by atoms with Crippen LogP contribution in [0.5, 0.6) is 11.5 Å². The van der Waals surface area contributed by atoms with Gasteiger partial charge in [0.15, 0.2) is 12.2 Å². The minimum absolute atomic E-state index is 0.0986. The Labute approximate surface area is 721 Å². The molecule has 12 heterocycles. The van der Waals surface area contributed by atoms with Gasteiger partial charge in [-0.15, -0.1) is 0 Å². The van der Waals surface area contributed by atoms with Gasteiger partial charge in [0.25, 0.3) is 0 Å². The number of carbonyl (C=O) groups excluding carboxylic acids is 7. The summed E-state index contributed by atoms with van der Waals surface area (Å²) in [5.41, 5.74) is -4.78. The van der Waals surface area contributed by atoms with Crippen LogP contribution < -0.4 is 19.3 Å². The summed E-state index contributed by atoms with van der Waals surface area (Å²) in [5.74, 6) is -3.63. The summed E-state index contributed by atoms with van der Waals surface area (Å²) in [7, 11) is 5.58. The van der Waals surface area contributed by atoms with Gasteiger partial charge in [-0.2, -0.15) is 8.42 Å². The van der Waals surface area contributed by atoms with E-state index < -0.39 is 131 Å². The zero-order chi connectivity index (χ0) is 88.9. The van der Waals surface area contributed by atoms with Gasteiger partial charge in [-0.1, -0.05) is 88.4 Å². The largest absolute Gasteiger partial charge is 0.496 e. The molecule has 2 saturated carbocycles. The number of aromatic amines is 2. The first-order valence-electron chi connectivity index (χ1n) is 43.2. The molecule has 4 bridgehead atoms. The number of fused-ring (bicyclic) bond motifs is 12. The Morgan fingerprint density at radius 2 is 0.911 bits per heavy atom. The molecule has 32 heteroatoms. The van der Waals surface area contributed by atoms with E-state index in [0.29, 0.717) is 182 Å². The number of hydrogen-bond acceptors (Lipinski definition) is 26. The van der Waals surface area contributed by atoms with E-state index in [9.17, 15) is 44.4 Å². The maximum Gasteiger partial charge on any atom is 0.394 e. The van der Waals surface area contributed by atoms with Gasteiger partial charge in [0.1, 0.15) is 22.3 Å². The van der Waals surface area contributed by atoms with Crippen LogP contribution >= 0.6 is 0 Å². The van der Waals surface area contributed by atoms with Crippen LogP contribution in [-0.2, 0) is 107 Å². The summed E-state index contributed by atoms with van der Waals surface area (Å²) in [5, 5.41) is 52.6. The topological polar surface area (TPSA) is 400 Å². The highest BCUT2D eigenvalue weighted by Gasteiger charge is 2.83. The second-order valence-electron chi connectivity index (χ2n) is 36.8. The molecule has 4 aromatic carbocycles. The van der Waals surface area contributed by atoms with Crippen molar-refractivity contribution in [3.63, 3.8) is 0 Å². The van der Waals surface area contributed by atoms with Crippen LogP contribution in [0.2, 0.25) is 0 Å². The molecule has 6 aromatic rings. The van der Waals surface area contributed by atoms with E-state index in [1.807, 2.05) is 100 Å². The monoisotopic (exact) mass is 1730 g/mol. The van der Waals surface area contributed by atoms with Crippen LogP contribution in [-0.4, -0.2) is 284 Å². The van der Waals surface area contributed by atoms with E-state index in [-0.39, 0.29) is 24.3 Å². The number of esters is 6. The molecule has 0 radical (unpaired) electrons. The first-order valence-corrected chi connectivity index (χ1v) is 44.6. The lowest BCUT2D eigenvalue weighted by molar-refractivity contribution is -0.229. The van der Waals surface area contributed by atoms with Crippen molar-refractivity contribution in [2.24, 2.45) is 22.7 Å². The number of carbonyl (C=O) groups is 7. The fourth-order valence-corrected chi connectivity index (χ4v) is 26.9. The number of nitrogens with one attached hydrogen (secondary N) is 2. The second kappa shape index (κ2) is 31.6. The number of aromatic nitrogens is 2. The molecule has 4 saturated heterocycles. The lowest BCUT2D eigenvalue weighted by Crippen LogP contribution is -2.81. The zero-order valence-electron chi connectivity index (χ0n) is 72.7. The number of para-hydroxylation sites is 2. The molecule has 1 amide bonds. The summed E-state index contributed by atoms with van der Waals surface area (Å²) in [4.78, 5) is 119. The number of H-pyrrole nitrogens is 2. The Kier molecular flexibility index (Phi) is 22.5. The first-order chi connectivity index (χ1) is 59.0. The third-order valence-electron chi connectivity index (χ3n) is 31.1. The number of rotatable bonds is 15. The van der Waals surface area contributed by atoms with Gasteiger partial charge in [-0.25, -0.2) is 9.59 Å². The Balaban J connectivity index is 0.000000174. The quantitative estimate of drug-likeness (QED) is 0.0171. The molecule has 668 valence electrons. The second-order valence-corrected chi connectivity index (χ2v) is 37.7.